The van der Waals surface area contributed by atoms with Crippen molar-refractivity contribution in [3.63, 3.8) is 0 Å². The van der Waals surface area contributed by atoms with E-state index < -0.39 is 0 Å². The van der Waals surface area contributed by atoms with E-state index in [1.807, 2.05) is 0 Å². The van der Waals surface area contributed by atoms with Crippen LogP contribution in [-0.4, -0.2) is 29.0 Å². The largest absolute Gasteiger partial charge is 0.354 e. The fraction of sp³-hybridized carbons (Fsp3) is 0.588. The normalized spacial score (nSPS) is 14.3. The number of carbonyl (C=O) groups is 1. The second-order valence-electron chi connectivity index (χ2n) is 5.69. The molecule has 2 N–H and O–H groups in total. The number of rotatable bonds is 8. The lowest BCUT2D eigenvalue weighted by atomic mass is 9.97. The molecule has 0 saturated heterocycles. The Labute approximate surface area is 132 Å². The standard InChI is InChI=1S/C17H26N4O/c1-2-3-10-18-16(22)15-12-20-17(21-13-15)19-11-9-14-7-5-4-6-8-14/h7,12-13H,2-6,8-11H2,1H3,(H,18,22)(H,19,20,21). The Morgan fingerprint density at radius 3 is 2.73 bits per heavy atom. The Morgan fingerprint density at radius 2 is 2.05 bits per heavy atom. The van der Waals surface area contributed by atoms with Gasteiger partial charge in [0.05, 0.1) is 5.56 Å². The molecular formula is C17H26N4O. The minimum absolute atomic E-state index is 0.104. The summed E-state index contributed by atoms with van der Waals surface area (Å²) in [7, 11) is 0. The maximum Gasteiger partial charge on any atom is 0.254 e. The van der Waals surface area contributed by atoms with Gasteiger partial charge in [-0.2, -0.15) is 0 Å². The molecule has 0 spiro atoms. The van der Waals surface area contributed by atoms with E-state index in [2.05, 4.69) is 33.6 Å². The molecule has 1 aromatic rings. The van der Waals surface area contributed by atoms with Gasteiger partial charge in [-0.25, -0.2) is 9.97 Å². The van der Waals surface area contributed by atoms with Crippen molar-refractivity contribution in [1.82, 2.24) is 15.3 Å². The maximum absolute atomic E-state index is 11.8. The number of aromatic nitrogens is 2. The summed E-state index contributed by atoms with van der Waals surface area (Å²) in [4.78, 5) is 20.2. The lowest BCUT2D eigenvalue weighted by Crippen LogP contribution is -2.24. The molecule has 0 bridgehead atoms. The number of nitrogens with zero attached hydrogens (tertiary/aromatic N) is 2. The first-order chi connectivity index (χ1) is 10.8. The Balaban J connectivity index is 1.74. The van der Waals surface area contributed by atoms with Gasteiger partial charge in [0.25, 0.3) is 5.91 Å². The second kappa shape index (κ2) is 9.18. The Kier molecular flexibility index (Phi) is 6.87. The van der Waals surface area contributed by atoms with Crippen LogP contribution in [-0.2, 0) is 0 Å². The molecule has 22 heavy (non-hydrogen) atoms. The second-order valence-corrected chi connectivity index (χ2v) is 5.69. The van der Waals surface area contributed by atoms with Crippen LogP contribution in [0.1, 0.15) is 62.2 Å². The molecule has 5 nitrogen and oxygen atoms in total. The van der Waals surface area contributed by atoms with Crippen molar-refractivity contribution in [2.75, 3.05) is 18.4 Å². The van der Waals surface area contributed by atoms with Crippen LogP contribution in [0, 0.1) is 0 Å². The van der Waals surface area contributed by atoms with E-state index in [1.165, 1.54) is 31.3 Å². The lowest BCUT2D eigenvalue weighted by Gasteiger charge is -2.12. The van der Waals surface area contributed by atoms with Crippen molar-refractivity contribution in [2.45, 2.75) is 51.9 Å². The van der Waals surface area contributed by atoms with Crippen molar-refractivity contribution >= 4 is 11.9 Å². The van der Waals surface area contributed by atoms with E-state index in [4.69, 9.17) is 0 Å². The third-order valence-electron chi connectivity index (χ3n) is 3.84. The van der Waals surface area contributed by atoms with E-state index in [0.29, 0.717) is 18.1 Å². The quantitative estimate of drug-likeness (QED) is 0.571. The predicted molar refractivity (Wildman–Crippen MR) is 88.9 cm³/mol. The monoisotopic (exact) mass is 302 g/mol. The molecule has 1 aliphatic rings. The molecule has 0 radical (unpaired) electrons. The van der Waals surface area contributed by atoms with E-state index >= 15 is 0 Å². The molecule has 1 aliphatic carbocycles. The topological polar surface area (TPSA) is 66.9 Å². The zero-order valence-corrected chi connectivity index (χ0v) is 13.4. The molecule has 1 amide bonds. The fourth-order valence-electron chi connectivity index (χ4n) is 2.48. The first kappa shape index (κ1) is 16.5. The highest BCUT2D eigenvalue weighted by molar-refractivity contribution is 5.93. The zero-order valence-electron chi connectivity index (χ0n) is 13.4. The van der Waals surface area contributed by atoms with Gasteiger partial charge in [0.1, 0.15) is 0 Å². The first-order valence-electron chi connectivity index (χ1n) is 8.31. The maximum atomic E-state index is 11.8. The number of hydrogen-bond acceptors (Lipinski definition) is 4. The third-order valence-corrected chi connectivity index (χ3v) is 3.84. The van der Waals surface area contributed by atoms with E-state index in [9.17, 15) is 4.79 Å². The first-order valence-corrected chi connectivity index (χ1v) is 8.31. The van der Waals surface area contributed by atoms with Crippen molar-refractivity contribution in [3.05, 3.63) is 29.6 Å². The molecule has 1 heterocycles. The average molecular weight is 302 g/mol. The summed E-state index contributed by atoms with van der Waals surface area (Å²) in [6.45, 7) is 3.64. The summed E-state index contributed by atoms with van der Waals surface area (Å²) in [6, 6.07) is 0. The summed E-state index contributed by atoms with van der Waals surface area (Å²) in [6.07, 6.45) is 13.7. The van der Waals surface area contributed by atoms with E-state index in [1.54, 1.807) is 12.4 Å². The number of hydrogen-bond donors (Lipinski definition) is 2. The third kappa shape index (κ3) is 5.47. The summed E-state index contributed by atoms with van der Waals surface area (Å²) in [5, 5.41) is 6.07. The number of amides is 1. The Morgan fingerprint density at radius 1 is 1.23 bits per heavy atom. The average Bonchev–Trinajstić information content (AvgIpc) is 2.56. The highest BCUT2D eigenvalue weighted by Gasteiger charge is 2.07. The molecule has 2 rings (SSSR count). The molecule has 0 fully saturated rings. The van der Waals surface area contributed by atoms with E-state index in [-0.39, 0.29) is 5.91 Å². The Bertz CT molecular complexity index is 496. The van der Waals surface area contributed by atoms with Gasteiger partial charge in [0.15, 0.2) is 0 Å². The van der Waals surface area contributed by atoms with Gasteiger partial charge >= 0.3 is 0 Å². The Hall–Kier alpha value is -1.91. The highest BCUT2D eigenvalue weighted by atomic mass is 16.1. The summed E-state index contributed by atoms with van der Waals surface area (Å²) < 4.78 is 0. The van der Waals surface area contributed by atoms with Crippen LogP contribution in [0.4, 0.5) is 5.95 Å². The number of nitrogens with one attached hydrogen (secondary N) is 2. The van der Waals surface area contributed by atoms with Crippen LogP contribution in [0.25, 0.3) is 0 Å². The van der Waals surface area contributed by atoms with Crippen molar-refractivity contribution in [1.29, 1.82) is 0 Å². The molecule has 0 saturated carbocycles. The van der Waals surface area contributed by atoms with Crippen LogP contribution in [0.15, 0.2) is 24.0 Å². The smallest absolute Gasteiger partial charge is 0.254 e. The van der Waals surface area contributed by atoms with E-state index in [0.717, 1.165) is 25.8 Å². The number of allylic oxidation sites excluding steroid dienone is 1. The number of unbranched alkanes of at least 4 members (excludes halogenated alkanes) is 1. The number of anilines is 1. The molecule has 0 atom stereocenters. The molecule has 1 aromatic heterocycles. The zero-order chi connectivity index (χ0) is 15.6. The van der Waals surface area contributed by atoms with Gasteiger partial charge < -0.3 is 10.6 Å². The van der Waals surface area contributed by atoms with Crippen molar-refractivity contribution in [3.8, 4) is 0 Å². The van der Waals surface area contributed by atoms with Gasteiger partial charge in [0.2, 0.25) is 5.95 Å². The number of carbonyl (C=O) groups excluding carboxylic acids is 1. The highest BCUT2D eigenvalue weighted by Crippen LogP contribution is 2.19. The molecule has 5 heteroatoms. The van der Waals surface area contributed by atoms with Crippen LogP contribution in [0.5, 0.6) is 0 Å². The lowest BCUT2D eigenvalue weighted by molar-refractivity contribution is 0.0952. The minimum atomic E-state index is -0.104. The summed E-state index contributed by atoms with van der Waals surface area (Å²) in [5.74, 6) is 0.480. The van der Waals surface area contributed by atoms with Gasteiger partial charge in [-0.05, 0) is 38.5 Å². The molecule has 0 aromatic carbocycles. The van der Waals surface area contributed by atoms with Crippen LogP contribution < -0.4 is 10.6 Å². The van der Waals surface area contributed by atoms with Crippen LogP contribution >= 0.6 is 0 Å². The molecule has 0 aliphatic heterocycles. The van der Waals surface area contributed by atoms with Crippen molar-refractivity contribution < 1.29 is 4.79 Å². The van der Waals surface area contributed by atoms with Crippen LogP contribution in [0.3, 0.4) is 0 Å². The van der Waals surface area contributed by atoms with Crippen LogP contribution in [0.2, 0.25) is 0 Å². The van der Waals surface area contributed by atoms with Gasteiger partial charge in [-0.15, -0.1) is 0 Å². The summed E-state index contributed by atoms with van der Waals surface area (Å²) in [5.41, 5.74) is 2.04. The fourth-order valence-corrected chi connectivity index (χ4v) is 2.48. The minimum Gasteiger partial charge on any atom is -0.354 e. The van der Waals surface area contributed by atoms with Gasteiger partial charge in [-0.1, -0.05) is 25.0 Å². The summed E-state index contributed by atoms with van der Waals surface area (Å²) >= 11 is 0. The predicted octanol–water partition coefficient (Wildman–Crippen LogP) is 3.31. The molecule has 0 unspecified atom stereocenters. The van der Waals surface area contributed by atoms with Crippen molar-refractivity contribution in [2.24, 2.45) is 0 Å². The molecular weight excluding hydrogens is 276 g/mol. The van der Waals surface area contributed by atoms with Gasteiger partial charge in [-0.3, -0.25) is 4.79 Å². The molecule has 120 valence electrons. The van der Waals surface area contributed by atoms with Gasteiger partial charge in [0, 0.05) is 25.5 Å². The SMILES string of the molecule is CCCCNC(=O)c1cnc(NCCC2=CCCCC2)nc1.